The van der Waals surface area contributed by atoms with Gasteiger partial charge in [-0.25, -0.2) is 0 Å². The van der Waals surface area contributed by atoms with Crippen molar-refractivity contribution in [3.63, 3.8) is 0 Å². The molecule has 2 unspecified atom stereocenters. The van der Waals surface area contributed by atoms with Gasteiger partial charge in [0.15, 0.2) is 0 Å². The van der Waals surface area contributed by atoms with Crippen molar-refractivity contribution in [1.29, 1.82) is 0 Å². The van der Waals surface area contributed by atoms with Gasteiger partial charge >= 0.3 is 0 Å². The van der Waals surface area contributed by atoms with Gasteiger partial charge in [-0.1, -0.05) is 12.1 Å². The van der Waals surface area contributed by atoms with Crippen LogP contribution in [0, 0.1) is 33.3 Å². The average molecular weight is 383 g/mol. The second-order valence-electron chi connectivity index (χ2n) is 10.1. The highest BCUT2D eigenvalue weighted by atomic mass is 16.6. The minimum absolute atomic E-state index is 0.0585. The second kappa shape index (κ2) is 6.65. The third kappa shape index (κ3) is 2.99. The number of carbonyl (C=O) groups excluding carboxylic acids is 1. The molecular weight excluding hydrogens is 352 g/mol. The smallest absolute Gasteiger partial charge is 0.269 e. The number of nitrogens with one attached hydrogen (secondary N) is 1. The molecule has 0 aromatic heterocycles. The van der Waals surface area contributed by atoms with E-state index in [-0.39, 0.29) is 21.4 Å². The molecule has 5 nitrogen and oxygen atoms in total. The molecule has 150 valence electrons. The van der Waals surface area contributed by atoms with Gasteiger partial charge in [-0.15, -0.1) is 0 Å². The zero-order chi connectivity index (χ0) is 19.4. The number of nitrogens with zero attached hydrogens (tertiary/aromatic N) is 1. The molecule has 4 aliphatic carbocycles. The van der Waals surface area contributed by atoms with Crippen molar-refractivity contribution in [2.24, 2.45) is 23.2 Å². The van der Waals surface area contributed by atoms with E-state index in [1.807, 2.05) is 12.1 Å². The number of Topliss-reactive ketones (excluding diaryl/α,β-unsaturated/α-hetero) is 1. The van der Waals surface area contributed by atoms with Crippen LogP contribution in [0.25, 0.3) is 0 Å². The fourth-order valence-electron chi connectivity index (χ4n) is 7.43. The van der Waals surface area contributed by atoms with Gasteiger partial charge in [-0.2, -0.15) is 0 Å². The highest BCUT2D eigenvalue weighted by molar-refractivity contribution is 5.86. The van der Waals surface area contributed by atoms with Crippen molar-refractivity contribution in [3.05, 3.63) is 39.9 Å². The van der Waals surface area contributed by atoms with Crippen molar-refractivity contribution >= 4 is 11.5 Å². The lowest BCUT2D eigenvalue weighted by molar-refractivity contribution is -0.384. The summed E-state index contributed by atoms with van der Waals surface area (Å²) in [5.74, 6) is 2.37. The predicted molar refractivity (Wildman–Crippen MR) is 107 cm³/mol. The second-order valence-corrected chi connectivity index (χ2v) is 10.1. The average Bonchev–Trinajstić information content (AvgIpc) is 2.68. The Hall–Kier alpha value is -1.75. The molecule has 1 N–H and O–H groups in total. The van der Waals surface area contributed by atoms with Gasteiger partial charge in [0.1, 0.15) is 5.78 Å². The Balaban J connectivity index is 1.42. The van der Waals surface area contributed by atoms with Crippen LogP contribution in [0.4, 0.5) is 5.69 Å². The summed E-state index contributed by atoms with van der Waals surface area (Å²) in [5.41, 5.74) is 1.32. The first-order valence-electron chi connectivity index (χ1n) is 11.0. The molecule has 5 fully saturated rings. The van der Waals surface area contributed by atoms with Crippen LogP contribution in [-0.2, 0) is 10.2 Å². The van der Waals surface area contributed by atoms with Gasteiger partial charge in [-0.3, -0.25) is 14.9 Å². The van der Waals surface area contributed by atoms with Crippen molar-refractivity contribution < 1.29 is 9.72 Å². The number of ketones is 1. The Morgan fingerprint density at radius 2 is 1.71 bits per heavy atom. The molecule has 1 saturated heterocycles. The van der Waals surface area contributed by atoms with E-state index in [1.54, 1.807) is 12.1 Å². The van der Waals surface area contributed by atoms with Gasteiger partial charge in [0.25, 0.3) is 5.69 Å². The normalized spacial score (nSPS) is 37.1. The molecule has 5 aliphatic rings. The summed E-state index contributed by atoms with van der Waals surface area (Å²) in [6.45, 7) is 2.09. The molecule has 28 heavy (non-hydrogen) atoms. The van der Waals surface area contributed by atoms with Crippen LogP contribution in [-0.4, -0.2) is 23.8 Å². The van der Waals surface area contributed by atoms with Gasteiger partial charge in [0, 0.05) is 24.0 Å². The number of carbonyl (C=O) groups is 1. The standard InChI is InChI=1S/C23H30N2O3/c26-21(10-16-5-7-24-8-6-16)23-13-17-9-18(14-23)12-22(11-17,15-23)19-1-3-20(4-2-19)25(27)28/h1-4,16-18,24H,5-15H2. The van der Waals surface area contributed by atoms with Crippen LogP contribution in [0.1, 0.15) is 63.4 Å². The molecule has 2 atom stereocenters. The number of nitro benzene ring substituents is 1. The van der Waals surface area contributed by atoms with Crippen molar-refractivity contribution in [2.45, 2.75) is 63.2 Å². The molecule has 0 amide bonds. The number of benzene rings is 1. The predicted octanol–water partition coefficient (Wildman–Crippen LogP) is 4.39. The van der Waals surface area contributed by atoms with E-state index >= 15 is 0 Å². The number of nitro groups is 1. The zero-order valence-electron chi connectivity index (χ0n) is 16.5. The first-order valence-corrected chi connectivity index (χ1v) is 11.0. The summed E-state index contributed by atoms with van der Waals surface area (Å²) in [5, 5.41) is 14.5. The fourth-order valence-corrected chi connectivity index (χ4v) is 7.43. The summed E-state index contributed by atoms with van der Waals surface area (Å²) in [7, 11) is 0. The molecule has 0 radical (unpaired) electrons. The lowest BCUT2D eigenvalue weighted by atomic mass is 9.42. The maximum Gasteiger partial charge on any atom is 0.269 e. The minimum Gasteiger partial charge on any atom is -0.317 e. The third-order valence-corrected chi connectivity index (χ3v) is 8.28. The van der Waals surface area contributed by atoms with E-state index in [0.717, 1.165) is 64.5 Å². The Kier molecular flexibility index (Phi) is 4.34. The summed E-state index contributed by atoms with van der Waals surface area (Å²) in [6.07, 6.45) is 9.74. The van der Waals surface area contributed by atoms with Gasteiger partial charge in [-0.05, 0) is 93.2 Å². The van der Waals surface area contributed by atoms with E-state index < -0.39 is 0 Å². The molecule has 5 heteroatoms. The van der Waals surface area contributed by atoms with Crippen LogP contribution in [0.3, 0.4) is 0 Å². The van der Waals surface area contributed by atoms with Gasteiger partial charge < -0.3 is 5.32 Å². The quantitative estimate of drug-likeness (QED) is 0.605. The number of rotatable bonds is 5. The Morgan fingerprint density at radius 3 is 2.32 bits per heavy atom. The van der Waals surface area contributed by atoms with E-state index in [1.165, 1.54) is 12.0 Å². The van der Waals surface area contributed by atoms with Crippen LogP contribution in [0.5, 0.6) is 0 Å². The monoisotopic (exact) mass is 382 g/mol. The summed E-state index contributed by atoms with van der Waals surface area (Å²) >= 11 is 0. The van der Waals surface area contributed by atoms with Crippen LogP contribution in [0.15, 0.2) is 24.3 Å². The number of non-ortho nitro benzene ring substituents is 1. The van der Waals surface area contributed by atoms with Crippen LogP contribution >= 0.6 is 0 Å². The van der Waals surface area contributed by atoms with Crippen molar-refractivity contribution in [3.8, 4) is 0 Å². The van der Waals surface area contributed by atoms with E-state index in [2.05, 4.69) is 5.32 Å². The largest absolute Gasteiger partial charge is 0.317 e. The fraction of sp³-hybridized carbons (Fsp3) is 0.696. The van der Waals surface area contributed by atoms with Gasteiger partial charge in [0.2, 0.25) is 0 Å². The molecule has 6 rings (SSSR count). The zero-order valence-corrected chi connectivity index (χ0v) is 16.5. The molecule has 1 aliphatic heterocycles. The summed E-state index contributed by atoms with van der Waals surface area (Å²) in [6, 6.07) is 7.24. The molecule has 0 spiro atoms. The topological polar surface area (TPSA) is 72.2 Å². The Morgan fingerprint density at radius 1 is 1.07 bits per heavy atom. The number of piperidine rings is 1. The third-order valence-electron chi connectivity index (χ3n) is 8.28. The van der Waals surface area contributed by atoms with Crippen LogP contribution in [0.2, 0.25) is 0 Å². The van der Waals surface area contributed by atoms with Crippen molar-refractivity contribution in [2.75, 3.05) is 13.1 Å². The van der Waals surface area contributed by atoms with E-state index in [9.17, 15) is 14.9 Å². The Bertz CT molecular complexity index is 768. The van der Waals surface area contributed by atoms with E-state index in [0.29, 0.717) is 23.5 Å². The SMILES string of the molecule is O=C(CC1CCNCC1)C12CC3CC(C1)CC(c1ccc([N+](=O)[O-])cc1)(C3)C2. The van der Waals surface area contributed by atoms with E-state index in [4.69, 9.17) is 0 Å². The lowest BCUT2D eigenvalue weighted by Gasteiger charge is -2.62. The molecule has 1 aromatic rings. The number of hydrogen-bond acceptors (Lipinski definition) is 4. The first kappa shape index (κ1) is 18.3. The lowest BCUT2D eigenvalue weighted by Crippen LogP contribution is -2.57. The molecule has 4 bridgehead atoms. The molecule has 1 aromatic carbocycles. The number of hydrogen-bond donors (Lipinski definition) is 1. The Labute approximate surface area is 166 Å². The summed E-state index contributed by atoms with van der Waals surface area (Å²) in [4.78, 5) is 24.3. The maximum absolute atomic E-state index is 13.6. The maximum atomic E-state index is 13.6. The highest BCUT2D eigenvalue weighted by Crippen LogP contribution is 2.66. The first-order chi connectivity index (χ1) is 13.5. The van der Waals surface area contributed by atoms with Gasteiger partial charge in [0.05, 0.1) is 4.92 Å². The minimum atomic E-state index is -0.326. The van der Waals surface area contributed by atoms with Crippen LogP contribution < -0.4 is 5.32 Å². The molecule has 1 heterocycles. The van der Waals surface area contributed by atoms with Crippen molar-refractivity contribution in [1.82, 2.24) is 5.32 Å². The summed E-state index contributed by atoms with van der Waals surface area (Å²) < 4.78 is 0. The molecule has 4 saturated carbocycles. The highest BCUT2D eigenvalue weighted by Gasteiger charge is 2.60. The molecular formula is C23H30N2O3.